The summed E-state index contributed by atoms with van der Waals surface area (Å²) in [5.74, 6) is -0.190. The van der Waals surface area contributed by atoms with Crippen LogP contribution in [-0.2, 0) is 9.59 Å². The molecule has 152 valence electrons. The Morgan fingerprint density at radius 1 is 1.24 bits per heavy atom. The largest absolute Gasteiger partial charge is 0.497 e. The number of carbonyl (C=O) groups excluding carboxylic acids is 2. The van der Waals surface area contributed by atoms with Crippen molar-refractivity contribution in [3.05, 3.63) is 52.6 Å². The second-order valence-corrected chi connectivity index (χ2v) is 6.46. The van der Waals surface area contributed by atoms with Gasteiger partial charge in [0.05, 0.1) is 24.6 Å². The van der Waals surface area contributed by atoms with Gasteiger partial charge in [-0.25, -0.2) is 0 Å². The Balaban J connectivity index is 1.73. The first-order valence-corrected chi connectivity index (χ1v) is 9.09. The van der Waals surface area contributed by atoms with E-state index in [0.717, 1.165) is 0 Å². The van der Waals surface area contributed by atoms with Crippen LogP contribution >= 0.6 is 0 Å². The fourth-order valence-corrected chi connectivity index (χ4v) is 3.16. The molecular formula is C20H21N3O6. The van der Waals surface area contributed by atoms with Gasteiger partial charge in [0, 0.05) is 30.8 Å². The standard InChI is InChI=1S/C20H21N3O6/c1-3-29-15-6-4-14(5-7-15)22-12-13(10-19(22)24)20(25)21-17-11-16(28-2)8-9-18(17)23(26)27/h4-9,11,13H,3,10,12H2,1-2H3,(H,21,25)/t13-/m0/s1. The second-order valence-electron chi connectivity index (χ2n) is 6.46. The average molecular weight is 399 g/mol. The van der Waals surface area contributed by atoms with Crippen LogP contribution in [0.25, 0.3) is 0 Å². The minimum absolute atomic E-state index is 0.0246. The lowest BCUT2D eigenvalue weighted by Gasteiger charge is -2.17. The lowest BCUT2D eigenvalue weighted by Crippen LogP contribution is -2.28. The number of rotatable bonds is 7. The van der Waals surface area contributed by atoms with Crippen molar-refractivity contribution in [2.75, 3.05) is 30.5 Å². The molecule has 9 nitrogen and oxygen atoms in total. The molecule has 1 heterocycles. The quantitative estimate of drug-likeness (QED) is 0.566. The van der Waals surface area contributed by atoms with E-state index in [1.165, 1.54) is 30.2 Å². The third kappa shape index (κ3) is 4.45. The number of carbonyl (C=O) groups is 2. The molecule has 1 fully saturated rings. The third-order valence-corrected chi connectivity index (χ3v) is 4.61. The number of methoxy groups -OCH3 is 1. The Morgan fingerprint density at radius 3 is 2.55 bits per heavy atom. The first-order valence-electron chi connectivity index (χ1n) is 9.09. The van der Waals surface area contributed by atoms with E-state index in [2.05, 4.69) is 5.32 Å². The summed E-state index contributed by atoms with van der Waals surface area (Å²) in [4.78, 5) is 37.3. The Bertz CT molecular complexity index is 928. The Hall–Kier alpha value is -3.62. The van der Waals surface area contributed by atoms with E-state index in [4.69, 9.17) is 9.47 Å². The summed E-state index contributed by atoms with van der Waals surface area (Å²) in [6, 6.07) is 11.1. The van der Waals surface area contributed by atoms with Gasteiger partial charge in [-0.3, -0.25) is 19.7 Å². The van der Waals surface area contributed by atoms with Crippen LogP contribution in [0.5, 0.6) is 11.5 Å². The van der Waals surface area contributed by atoms with E-state index in [1.54, 1.807) is 24.3 Å². The predicted octanol–water partition coefficient (Wildman–Crippen LogP) is 2.99. The van der Waals surface area contributed by atoms with Crippen LogP contribution in [0.15, 0.2) is 42.5 Å². The number of nitrogens with zero attached hydrogens (tertiary/aromatic N) is 2. The summed E-state index contributed by atoms with van der Waals surface area (Å²) >= 11 is 0. The van der Waals surface area contributed by atoms with Crippen LogP contribution in [0.3, 0.4) is 0 Å². The molecule has 0 aliphatic carbocycles. The molecule has 9 heteroatoms. The van der Waals surface area contributed by atoms with Crippen molar-refractivity contribution in [1.29, 1.82) is 0 Å². The van der Waals surface area contributed by atoms with Crippen LogP contribution in [0, 0.1) is 16.0 Å². The molecule has 1 N–H and O–H groups in total. The molecule has 0 saturated carbocycles. The number of benzene rings is 2. The summed E-state index contributed by atoms with van der Waals surface area (Å²) in [5.41, 5.74) is 0.458. The first-order chi connectivity index (χ1) is 13.9. The van der Waals surface area contributed by atoms with Gasteiger partial charge >= 0.3 is 0 Å². The van der Waals surface area contributed by atoms with Crippen molar-refractivity contribution in [3.63, 3.8) is 0 Å². The maximum atomic E-state index is 12.7. The molecule has 0 aromatic heterocycles. The predicted molar refractivity (Wildman–Crippen MR) is 106 cm³/mol. The molecule has 3 rings (SSSR count). The van der Waals surface area contributed by atoms with Gasteiger partial charge in [-0.1, -0.05) is 0 Å². The Kier molecular flexibility index (Phi) is 5.96. The van der Waals surface area contributed by atoms with Crippen molar-refractivity contribution >= 4 is 28.9 Å². The number of nitrogens with one attached hydrogen (secondary N) is 1. The molecule has 29 heavy (non-hydrogen) atoms. The topological polar surface area (TPSA) is 111 Å². The molecule has 0 bridgehead atoms. The summed E-state index contributed by atoms with van der Waals surface area (Å²) in [6.07, 6.45) is 0.0246. The van der Waals surface area contributed by atoms with Crippen molar-refractivity contribution in [1.82, 2.24) is 0 Å². The second kappa shape index (κ2) is 8.59. The lowest BCUT2D eigenvalue weighted by molar-refractivity contribution is -0.383. The highest BCUT2D eigenvalue weighted by molar-refractivity contribution is 6.04. The average Bonchev–Trinajstić information content (AvgIpc) is 3.10. The fourth-order valence-electron chi connectivity index (χ4n) is 3.16. The zero-order chi connectivity index (χ0) is 21.0. The molecule has 1 aliphatic rings. The molecule has 0 unspecified atom stereocenters. The van der Waals surface area contributed by atoms with Crippen LogP contribution in [0.2, 0.25) is 0 Å². The number of amides is 2. The number of ether oxygens (including phenoxy) is 2. The van der Waals surface area contributed by atoms with Gasteiger partial charge in [0.15, 0.2) is 0 Å². The minimum Gasteiger partial charge on any atom is -0.497 e. The maximum Gasteiger partial charge on any atom is 0.293 e. The normalized spacial score (nSPS) is 15.9. The van der Waals surface area contributed by atoms with Crippen LogP contribution in [0.4, 0.5) is 17.1 Å². The van der Waals surface area contributed by atoms with Gasteiger partial charge in [0.1, 0.15) is 17.2 Å². The van der Waals surface area contributed by atoms with Gasteiger partial charge in [-0.15, -0.1) is 0 Å². The van der Waals surface area contributed by atoms with Gasteiger partial charge < -0.3 is 19.7 Å². The van der Waals surface area contributed by atoms with Crippen molar-refractivity contribution in [2.45, 2.75) is 13.3 Å². The first kappa shape index (κ1) is 20.1. The smallest absolute Gasteiger partial charge is 0.293 e. The molecule has 2 aromatic carbocycles. The highest BCUT2D eigenvalue weighted by atomic mass is 16.6. The van der Waals surface area contributed by atoms with Crippen LogP contribution in [0.1, 0.15) is 13.3 Å². The van der Waals surface area contributed by atoms with Crippen molar-refractivity contribution in [2.24, 2.45) is 5.92 Å². The summed E-state index contributed by atoms with van der Waals surface area (Å²) < 4.78 is 10.5. The van der Waals surface area contributed by atoms with Crippen LogP contribution in [-0.4, -0.2) is 37.0 Å². The van der Waals surface area contributed by atoms with Gasteiger partial charge in [-0.2, -0.15) is 0 Å². The molecule has 2 amide bonds. The van der Waals surface area contributed by atoms with E-state index in [0.29, 0.717) is 23.8 Å². The van der Waals surface area contributed by atoms with Crippen LogP contribution < -0.4 is 19.7 Å². The molecule has 1 aliphatic heterocycles. The number of nitro benzene ring substituents is 1. The molecule has 0 spiro atoms. The van der Waals surface area contributed by atoms with E-state index in [-0.39, 0.29) is 30.2 Å². The molecule has 1 atom stereocenters. The zero-order valence-electron chi connectivity index (χ0n) is 16.1. The zero-order valence-corrected chi connectivity index (χ0v) is 16.1. The molecular weight excluding hydrogens is 378 g/mol. The third-order valence-electron chi connectivity index (χ3n) is 4.61. The van der Waals surface area contributed by atoms with E-state index in [9.17, 15) is 19.7 Å². The number of anilines is 2. The Labute approximate surface area is 167 Å². The summed E-state index contributed by atoms with van der Waals surface area (Å²) in [6.45, 7) is 2.62. The maximum absolute atomic E-state index is 12.7. The summed E-state index contributed by atoms with van der Waals surface area (Å²) in [7, 11) is 1.43. The lowest BCUT2D eigenvalue weighted by atomic mass is 10.1. The van der Waals surface area contributed by atoms with E-state index in [1.807, 2.05) is 6.92 Å². The van der Waals surface area contributed by atoms with E-state index < -0.39 is 16.7 Å². The number of hydrogen-bond acceptors (Lipinski definition) is 6. The highest BCUT2D eigenvalue weighted by Gasteiger charge is 2.35. The molecule has 2 aromatic rings. The summed E-state index contributed by atoms with van der Waals surface area (Å²) in [5, 5.41) is 13.8. The molecule has 1 saturated heterocycles. The SMILES string of the molecule is CCOc1ccc(N2C[C@@H](C(=O)Nc3cc(OC)ccc3[N+](=O)[O-])CC2=O)cc1. The Morgan fingerprint density at radius 2 is 1.93 bits per heavy atom. The van der Waals surface area contributed by atoms with Gasteiger partial charge in [0.25, 0.3) is 5.69 Å². The van der Waals surface area contributed by atoms with E-state index >= 15 is 0 Å². The minimum atomic E-state index is -0.625. The van der Waals surface area contributed by atoms with Gasteiger partial charge in [0.2, 0.25) is 11.8 Å². The molecule has 0 radical (unpaired) electrons. The van der Waals surface area contributed by atoms with Gasteiger partial charge in [-0.05, 0) is 37.3 Å². The monoisotopic (exact) mass is 399 g/mol. The van der Waals surface area contributed by atoms with Crippen molar-refractivity contribution < 1.29 is 24.0 Å². The highest BCUT2D eigenvalue weighted by Crippen LogP contribution is 2.31. The van der Waals surface area contributed by atoms with Crippen molar-refractivity contribution in [3.8, 4) is 11.5 Å². The fraction of sp³-hybridized carbons (Fsp3) is 0.300. The number of hydrogen-bond donors (Lipinski definition) is 1. The number of nitro groups is 1.